The zero-order chi connectivity index (χ0) is 0. The van der Waals surface area contributed by atoms with Crippen LogP contribution in [0, 0.1) is 0 Å². The van der Waals surface area contributed by atoms with E-state index in [1.54, 1.807) is 0 Å². The summed E-state index contributed by atoms with van der Waals surface area (Å²) in [6.07, 6.45) is 0. The summed E-state index contributed by atoms with van der Waals surface area (Å²) in [7, 11) is 0. The first-order valence-corrected chi connectivity index (χ1v) is 0. The molecule has 0 saturated carbocycles. The van der Waals surface area contributed by atoms with E-state index < -0.39 is 0 Å². The molecule has 5 heteroatoms. The molecule has 0 aliphatic carbocycles. The van der Waals surface area contributed by atoms with E-state index in [1.165, 1.54) is 0 Å². The van der Waals surface area contributed by atoms with E-state index in [1.807, 2.05) is 0 Å². The summed E-state index contributed by atoms with van der Waals surface area (Å²) in [5, 5.41) is 0. The first-order chi connectivity index (χ1) is 0. The van der Waals surface area contributed by atoms with Gasteiger partial charge >= 0.3 is 0 Å². The molecule has 0 aliphatic rings. The topological polar surface area (TPSA) is 63.0 Å². The van der Waals surface area contributed by atoms with Gasteiger partial charge in [-0.3, -0.25) is 0 Å². The second kappa shape index (κ2) is 48.5. The fourth-order valence-electron chi connectivity index (χ4n) is 0. The van der Waals surface area contributed by atoms with Crippen LogP contribution in [0.1, 0.15) is 0 Å². The molecule has 0 spiro atoms. The molecule has 0 aromatic rings. The van der Waals surface area contributed by atoms with Crippen molar-refractivity contribution in [1.82, 2.24) is 0 Å². The van der Waals surface area contributed by atoms with Crippen LogP contribution in [0.4, 0.5) is 0 Å². The van der Waals surface area contributed by atoms with Crippen LogP contribution in [0.3, 0.4) is 0 Å². The van der Waals surface area contributed by atoms with Crippen molar-refractivity contribution in [3.05, 3.63) is 0 Å². The molecule has 5 heavy (non-hydrogen) atoms. The average Bonchev–Trinajstić information content (AvgIpc) is 0. The maximum absolute atomic E-state index is 0. The molecule has 4 N–H and O–H groups in total. The van der Waals surface area contributed by atoms with E-state index in [0.717, 1.165) is 0 Å². The molecule has 0 unspecified atom stereocenters. The molecule has 0 amide bonds. The van der Waals surface area contributed by atoms with Crippen molar-refractivity contribution in [2.75, 3.05) is 0 Å². The maximum atomic E-state index is 0. The Morgan fingerprint density at radius 3 is 0.600 bits per heavy atom. The summed E-state index contributed by atoms with van der Waals surface area (Å²) in [6.45, 7) is 0. The molecule has 0 aromatic heterocycles. The summed E-state index contributed by atoms with van der Waals surface area (Å²) in [6, 6.07) is 0. The van der Waals surface area contributed by atoms with E-state index >= 15 is 0 Å². The second-order valence-corrected chi connectivity index (χ2v) is 0. The van der Waals surface area contributed by atoms with Crippen LogP contribution in [0.2, 0.25) is 0 Å². The molecule has 0 fully saturated rings. The fourth-order valence-corrected chi connectivity index (χ4v) is 0. The molecule has 1 radical (unpaired) electrons. The minimum atomic E-state index is 0. The average molecular weight is 256 g/mol. The van der Waals surface area contributed by atoms with Crippen molar-refractivity contribution < 1.29 is 63.4 Å². The quantitative estimate of drug-likeness (QED) is 0.466. The van der Waals surface area contributed by atoms with Gasteiger partial charge in [0.25, 0.3) is 0 Å². The Balaban J connectivity index is 0. The molecular formula is H4Ni2O2Rh. The van der Waals surface area contributed by atoms with Gasteiger partial charge in [-0.1, -0.05) is 0 Å². The molecule has 0 aliphatic heterocycles. The van der Waals surface area contributed by atoms with Crippen LogP contribution < -0.4 is 0 Å². The Hall–Kier alpha value is 1.53. The van der Waals surface area contributed by atoms with E-state index in [2.05, 4.69) is 0 Å². The SMILES string of the molecule is O.O.[Ni].[Ni].[Rh]. The van der Waals surface area contributed by atoms with Crippen molar-refractivity contribution >= 4 is 0 Å². The maximum Gasteiger partial charge on any atom is 0 e. The van der Waals surface area contributed by atoms with Crippen LogP contribution in [0.25, 0.3) is 0 Å². The van der Waals surface area contributed by atoms with Gasteiger partial charge in [0, 0.05) is 52.5 Å². The van der Waals surface area contributed by atoms with Crippen molar-refractivity contribution in [3.63, 3.8) is 0 Å². The smallest absolute Gasteiger partial charge is 0 e. The van der Waals surface area contributed by atoms with Gasteiger partial charge in [0.15, 0.2) is 0 Å². The standard InChI is InChI=1S/2Ni.2H2O.Rh/h;;2*1H2;. The normalized spacial score (nSPS) is 0. The minimum absolute atomic E-state index is 0. The van der Waals surface area contributed by atoms with Crippen LogP contribution in [-0.4, -0.2) is 11.0 Å². The molecule has 2 nitrogen and oxygen atoms in total. The Morgan fingerprint density at radius 2 is 0.600 bits per heavy atom. The van der Waals surface area contributed by atoms with Gasteiger partial charge in [0.05, 0.1) is 0 Å². The number of rotatable bonds is 0. The van der Waals surface area contributed by atoms with Gasteiger partial charge in [0.1, 0.15) is 0 Å². The first-order valence-electron chi connectivity index (χ1n) is 0. The van der Waals surface area contributed by atoms with Crippen molar-refractivity contribution in [3.8, 4) is 0 Å². The summed E-state index contributed by atoms with van der Waals surface area (Å²) in [5.41, 5.74) is 0. The Labute approximate surface area is 63.3 Å². The monoisotopic (exact) mass is 255 g/mol. The molecule has 0 aromatic carbocycles. The summed E-state index contributed by atoms with van der Waals surface area (Å²) in [5.74, 6) is 0. The summed E-state index contributed by atoms with van der Waals surface area (Å²) in [4.78, 5) is 0. The van der Waals surface area contributed by atoms with Gasteiger partial charge in [-0.2, -0.15) is 0 Å². The minimum Gasteiger partial charge on any atom is -0.412 e. The number of hydrogen-bond donors (Lipinski definition) is 0. The molecule has 0 atom stereocenters. The van der Waals surface area contributed by atoms with Crippen LogP contribution in [0.15, 0.2) is 0 Å². The molecule has 0 bridgehead atoms. The van der Waals surface area contributed by atoms with E-state index in [0.29, 0.717) is 0 Å². The van der Waals surface area contributed by atoms with E-state index in [4.69, 9.17) is 0 Å². The van der Waals surface area contributed by atoms with Crippen LogP contribution in [-0.2, 0) is 52.5 Å². The van der Waals surface area contributed by atoms with Crippen LogP contribution in [0.5, 0.6) is 0 Å². The van der Waals surface area contributed by atoms with Gasteiger partial charge in [0.2, 0.25) is 0 Å². The van der Waals surface area contributed by atoms with E-state index in [-0.39, 0.29) is 63.4 Å². The fraction of sp³-hybridized carbons (Fsp3) is 0. The second-order valence-electron chi connectivity index (χ2n) is 0. The van der Waals surface area contributed by atoms with Gasteiger partial charge < -0.3 is 11.0 Å². The third-order valence-corrected chi connectivity index (χ3v) is 0. The molecule has 0 saturated heterocycles. The zero-order valence-electron chi connectivity index (χ0n) is 1.97. The third-order valence-electron chi connectivity index (χ3n) is 0. The van der Waals surface area contributed by atoms with Crippen molar-refractivity contribution in [1.29, 1.82) is 0 Å². The summed E-state index contributed by atoms with van der Waals surface area (Å²) < 4.78 is 0. The molecule has 45 valence electrons. The molecule has 0 heterocycles. The number of hydrogen-bond acceptors (Lipinski definition) is 0. The third kappa shape index (κ3) is 29.4. The zero-order valence-corrected chi connectivity index (χ0v) is 5.58. The van der Waals surface area contributed by atoms with Gasteiger partial charge in [-0.05, 0) is 0 Å². The Bertz CT molecular complexity index is 7.61. The Morgan fingerprint density at radius 1 is 0.600 bits per heavy atom. The first kappa shape index (κ1) is 85.3. The Kier molecular flexibility index (Phi) is 827. The largest absolute Gasteiger partial charge is 0.412 e. The predicted octanol–water partition coefficient (Wildman–Crippen LogP) is -1.66. The van der Waals surface area contributed by atoms with Gasteiger partial charge in [-0.25, -0.2) is 0 Å². The van der Waals surface area contributed by atoms with Crippen LogP contribution >= 0.6 is 0 Å². The molecule has 0 rings (SSSR count). The van der Waals surface area contributed by atoms with Crippen molar-refractivity contribution in [2.45, 2.75) is 0 Å². The van der Waals surface area contributed by atoms with E-state index in [9.17, 15) is 0 Å². The summed E-state index contributed by atoms with van der Waals surface area (Å²) >= 11 is 0. The molecular weight excluding hydrogens is 252 g/mol. The predicted molar refractivity (Wildman–Crippen MR) is 7.23 cm³/mol. The van der Waals surface area contributed by atoms with Crippen molar-refractivity contribution in [2.24, 2.45) is 0 Å². The van der Waals surface area contributed by atoms with Gasteiger partial charge in [-0.15, -0.1) is 0 Å².